The molecule has 20 heavy (non-hydrogen) atoms. The summed E-state index contributed by atoms with van der Waals surface area (Å²) in [5, 5.41) is 0.686. The number of hydrogen-bond donors (Lipinski definition) is 0. The van der Waals surface area contributed by atoms with Crippen molar-refractivity contribution >= 4 is 33.4 Å². The Hall–Kier alpha value is -1.39. The van der Waals surface area contributed by atoms with Gasteiger partial charge in [-0.1, -0.05) is 23.7 Å². The Morgan fingerprint density at radius 3 is 2.55 bits per heavy atom. The van der Waals surface area contributed by atoms with Crippen LogP contribution >= 0.6 is 27.5 Å². The molecule has 0 aliphatic heterocycles. The van der Waals surface area contributed by atoms with Crippen molar-refractivity contribution in [2.24, 2.45) is 0 Å². The van der Waals surface area contributed by atoms with E-state index in [0.717, 1.165) is 10.0 Å². The standard InChI is InChI=1S/C15H14BrClN2O/c1-10(11-3-5-14(17)6-4-11)19(2)15(20)12-7-13(16)9-18-8-12/h3-10H,1-2H3. The average Bonchev–Trinajstić information content (AvgIpc) is 2.46. The van der Waals surface area contributed by atoms with Gasteiger partial charge in [0.2, 0.25) is 0 Å². The van der Waals surface area contributed by atoms with Gasteiger partial charge in [0.1, 0.15) is 0 Å². The van der Waals surface area contributed by atoms with Crippen molar-refractivity contribution in [3.8, 4) is 0 Å². The summed E-state index contributed by atoms with van der Waals surface area (Å²) in [7, 11) is 1.78. The van der Waals surface area contributed by atoms with E-state index in [9.17, 15) is 4.79 Å². The number of aromatic nitrogens is 1. The zero-order chi connectivity index (χ0) is 14.7. The molecule has 1 aromatic carbocycles. The van der Waals surface area contributed by atoms with Gasteiger partial charge in [0.25, 0.3) is 5.91 Å². The lowest BCUT2D eigenvalue weighted by atomic mass is 10.1. The van der Waals surface area contributed by atoms with Crippen LogP contribution in [-0.4, -0.2) is 22.8 Å². The van der Waals surface area contributed by atoms with Crippen LogP contribution in [0.25, 0.3) is 0 Å². The highest BCUT2D eigenvalue weighted by atomic mass is 79.9. The summed E-state index contributed by atoms with van der Waals surface area (Å²) in [5.74, 6) is -0.0683. The number of hydrogen-bond acceptors (Lipinski definition) is 2. The molecule has 0 aliphatic carbocycles. The molecular formula is C15H14BrClN2O. The maximum absolute atomic E-state index is 12.4. The van der Waals surface area contributed by atoms with Crippen molar-refractivity contribution in [2.45, 2.75) is 13.0 Å². The molecule has 1 amide bonds. The average molecular weight is 354 g/mol. The van der Waals surface area contributed by atoms with Crippen molar-refractivity contribution in [3.63, 3.8) is 0 Å². The first kappa shape index (κ1) is 15.0. The highest BCUT2D eigenvalue weighted by Crippen LogP contribution is 2.22. The molecule has 0 radical (unpaired) electrons. The minimum absolute atomic E-state index is 0.0428. The van der Waals surface area contributed by atoms with Crippen LogP contribution < -0.4 is 0 Å². The maximum atomic E-state index is 12.4. The van der Waals surface area contributed by atoms with Crippen LogP contribution in [0.3, 0.4) is 0 Å². The molecule has 5 heteroatoms. The van der Waals surface area contributed by atoms with Crippen LogP contribution in [0.15, 0.2) is 47.2 Å². The number of benzene rings is 1. The summed E-state index contributed by atoms with van der Waals surface area (Å²) in [6.45, 7) is 1.98. The van der Waals surface area contributed by atoms with Gasteiger partial charge in [-0.2, -0.15) is 0 Å². The van der Waals surface area contributed by atoms with Gasteiger partial charge >= 0.3 is 0 Å². The van der Waals surface area contributed by atoms with Crippen molar-refractivity contribution < 1.29 is 4.79 Å². The zero-order valence-corrected chi connectivity index (χ0v) is 13.5. The van der Waals surface area contributed by atoms with E-state index in [0.29, 0.717) is 10.6 Å². The van der Waals surface area contributed by atoms with E-state index in [1.165, 1.54) is 0 Å². The second-order valence-electron chi connectivity index (χ2n) is 4.54. The van der Waals surface area contributed by atoms with Gasteiger partial charge in [0.15, 0.2) is 0 Å². The fourth-order valence-electron chi connectivity index (χ4n) is 1.87. The van der Waals surface area contributed by atoms with E-state index in [-0.39, 0.29) is 11.9 Å². The predicted molar refractivity (Wildman–Crippen MR) is 83.9 cm³/mol. The number of carbonyl (C=O) groups is 1. The number of carbonyl (C=O) groups excluding carboxylic acids is 1. The number of nitrogens with zero attached hydrogens (tertiary/aromatic N) is 2. The third-order valence-corrected chi connectivity index (χ3v) is 3.89. The van der Waals surface area contributed by atoms with E-state index >= 15 is 0 Å². The quantitative estimate of drug-likeness (QED) is 0.823. The van der Waals surface area contributed by atoms with Crippen LogP contribution in [0.1, 0.15) is 28.9 Å². The molecule has 1 unspecified atom stereocenters. The van der Waals surface area contributed by atoms with Crippen LogP contribution in [0, 0.1) is 0 Å². The molecule has 1 heterocycles. The van der Waals surface area contributed by atoms with Gasteiger partial charge in [-0.25, -0.2) is 0 Å². The van der Waals surface area contributed by atoms with Gasteiger partial charge in [0.05, 0.1) is 11.6 Å². The highest BCUT2D eigenvalue weighted by molar-refractivity contribution is 9.10. The van der Waals surface area contributed by atoms with Crippen LogP contribution in [0.2, 0.25) is 5.02 Å². The fraction of sp³-hybridized carbons (Fsp3) is 0.200. The molecule has 0 aliphatic rings. The minimum atomic E-state index is -0.0683. The minimum Gasteiger partial charge on any atom is -0.335 e. The second kappa shape index (κ2) is 6.37. The van der Waals surface area contributed by atoms with Gasteiger partial charge in [0, 0.05) is 28.9 Å². The Balaban J connectivity index is 2.20. The molecule has 1 aromatic heterocycles. The lowest BCUT2D eigenvalue weighted by molar-refractivity contribution is 0.0742. The van der Waals surface area contributed by atoms with Gasteiger partial charge < -0.3 is 4.90 Å². The summed E-state index contributed by atoms with van der Waals surface area (Å²) in [6, 6.07) is 9.23. The third kappa shape index (κ3) is 3.38. The summed E-state index contributed by atoms with van der Waals surface area (Å²) >= 11 is 9.20. The number of pyridine rings is 1. The van der Waals surface area contributed by atoms with E-state index in [1.807, 2.05) is 31.2 Å². The van der Waals surface area contributed by atoms with Crippen molar-refractivity contribution in [1.82, 2.24) is 9.88 Å². The van der Waals surface area contributed by atoms with Gasteiger partial charge in [-0.15, -0.1) is 0 Å². The molecule has 0 fully saturated rings. The van der Waals surface area contributed by atoms with Crippen molar-refractivity contribution in [1.29, 1.82) is 0 Å². The number of halogens is 2. The summed E-state index contributed by atoms with van der Waals surface area (Å²) in [4.78, 5) is 18.1. The van der Waals surface area contributed by atoms with E-state index in [2.05, 4.69) is 20.9 Å². The topological polar surface area (TPSA) is 33.2 Å². The second-order valence-corrected chi connectivity index (χ2v) is 5.89. The van der Waals surface area contributed by atoms with E-state index in [1.54, 1.807) is 30.4 Å². The summed E-state index contributed by atoms with van der Waals surface area (Å²) in [6.07, 6.45) is 3.22. The lowest BCUT2D eigenvalue weighted by Gasteiger charge is -2.25. The maximum Gasteiger partial charge on any atom is 0.255 e. The largest absolute Gasteiger partial charge is 0.335 e. The Bertz CT molecular complexity index is 616. The van der Waals surface area contributed by atoms with Crippen molar-refractivity contribution in [3.05, 3.63) is 63.3 Å². The first-order valence-electron chi connectivity index (χ1n) is 6.12. The third-order valence-electron chi connectivity index (χ3n) is 3.21. The van der Waals surface area contributed by atoms with E-state index in [4.69, 9.17) is 11.6 Å². The number of rotatable bonds is 3. The monoisotopic (exact) mass is 352 g/mol. The normalized spacial score (nSPS) is 12.0. The molecule has 3 nitrogen and oxygen atoms in total. The van der Waals surface area contributed by atoms with E-state index < -0.39 is 0 Å². The van der Waals surface area contributed by atoms with Gasteiger partial charge in [-0.05, 0) is 46.6 Å². The molecule has 104 valence electrons. The Kier molecular flexibility index (Phi) is 4.78. The molecular weight excluding hydrogens is 340 g/mol. The SMILES string of the molecule is CC(c1ccc(Cl)cc1)N(C)C(=O)c1cncc(Br)c1. The fourth-order valence-corrected chi connectivity index (χ4v) is 2.36. The first-order chi connectivity index (χ1) is 9.49. The van der Waals surface area contributed by atoms with Crippen molar-refractivity contribution in [2.75, 3.05) is 7.05 Å². The summed E-state index contributed by atoms with van der Waals surface area (Å²) in [5.41, 5.74) is 1.59. The summed E-state index contributed by atoms with van der Waals surface area (Å²) < 4.78 is 0.788. The Morgan fingerprint density at radius 1 is 1.30 bits per heavy atom. The molecule has 2 aromatic rings. The van der Waals surface area contributed by atoms with Crippen LogP contribution in [0.4, 0.5) is 0 Å². The Labute approximate surface area is 131 Å². The van der Waals surface area contributed by atoms with Crippen LogP contribution in [-0.2, 0) is 0 Å². The molecule has 0 saturated carbocycles. The molecule has 0 bridgehead atoms. The molecule has 0 saturated heterocycles. The smallest absolute Gasteiger partial charge is 0.255 e. The first-order valence-corrected chi connectivity index (χ1v) is 7.29. The molecule has 2 rings (SSSR count). The predicted octanol–water partition coefficient (Wildman–Crippen LogP) is 4.33. The molecule has 0 spiro atoms. The Morgan fingerprint density at radius 2 is 1.95 bits per heavy atom. The molecule has 0 N–H and O–H groups in total. The highest BCUT2D eigenvalue weighted by Gasteiger charge is 2.19. The molecule has 1 atom stereocenters. The number of amides is 1. The lowest BCUT2D eigenvalue weighted by Crippen LogP contribution is -2.29. The van der Waals surface area contributed by atoms with Crippen LogP contribution in [0.5, 0.6) is 0 Å². The zero-order valence-electron chi connectivity index (χ0n) is 11.2. The van der Waals surface area contributed by atoms with Gasteiger partial charge in [-0.3, -0.25) is 9.78 Å².